The minimum absolute atomic E-state index is 0.0725. The third kappa shape index (κ3) is 3.05. The van der Waals surface area contributed by atoms with Crippen LogP contribution in [0.2, 0.25) is 0 Å². The van der Waals surface area contributed by atoms with Crippen LogP contribution in [0.1, 0.15) is 31.9 Å². The second-order valence-corrected chi connectivity index (χ2v) is 5.87. The molecule has 19 heavy (non-hydrogen) atoms. The lowest BCUT2D eigenvalue weighted by Crippen LogP contribution is -2.14. The summed E-state index contributed by atoms with van der Waals surface area (Å²) in [6, 6.07) is 10.2. The molecule has 2 aromatic rings. The van der Waals surface area contributed by atoms with Crippen molar-refractivity contribution >= 4 is 17.2 Å². The smallest absolute Gasteiger partial charge is 0.153 e. The number of hydrogen-bond acceptors (Lipinski definition) is 3. The van der Waals surface area contributed by atoms with Crippen LogP contribution >= 0.6 is 0 Å². The van der Waals surface area contributed by atoms with Crippen molar-refractivity contribution in [3.05, 3.63) is 47.7 Å². The van der Waals surface area contributed by atoms with Gasteiger partial charge in [0.15, 0.2) is 5.82 Å². The molecule has 0 unspecified atom stereocenters. The van der Waals surface area contributed by atoms with E-state index in [4.69, 9.17) is 5.73 Å². The number of nitrogens with two attached hydrogens (primary N) is 1. The van der Waals surface area contributed by atoms with Crippen LogP contribution in [0.15, 0.2) is 36.5 Å². The maximum absolute atomic E-state index is 6.00. The molecule has 0 aliphatic carbocycles. The van der Waals surface area contributed by atoms with Crippen LogP contribution in [-0.2, 0) is 5.41 Å². The zero-order valence-electron chi connectivity index (χ0n) is 12.0. The molecule has 0 amide bonds. The Bertz CT molecular complexity index is 583. The minimum Gasteiger partial charge on any atom is -0.396 e. The van der Waals surface area contributed by atoms with Gasteiger partial charge in [0.25, 0.3) is 0 Å². The van der Waals surface area contributed by atoms with Gasteiger partial charge in [-0.15, -0.1) is 0 Å². The molecule has 1 heterocycles. The van der Waals surface area contributed by atoms with E-state index in [9.17, 15) is 0 Å². The first-order valence-electron chi connectivity index (χ1n) is 6.46. The molecule has 2 rings (SSSR count). The topological polar surface area (TPSA) is 50.9 Å². The molecular formula is C16H21N3. The van der Waals surface area contributed by atoms with Crippen LogP contribution in [0, 0.1) is 6.92 Å². The molecule has 0 fully saturated rings. The molecule has 0 saturated heterocycles. The van der Waals surface area contributed by atoms with E-state index in [2.05, 4.69) is 49.3 Å². The van der Waals surface area contributed by atoms with Gasteiger partial charge in [-0.1, -0.05) is 39.0 Å². The fourth-order valence-corrected chi connectivity index (χ4v) is 2.07. The lowest BCUT2D eigenvalue weighted by Gasteiger charge is -2.23. The van der Waals surface area contributed by atoms with Crippen molar-refractivity contribution in [3.63, 3.8) is 0 Å². The SMILES string of the molecule is Cc1cnc(Nc2ccccc2C(C)(C)C)c(N)c1. The fourth-order valence-electron chi connectivity index (χ4n) is 2.07. The van der Waals surface area contributed by atoms with E-state index in [1.165, 1.54) is 5.56 Å². The van der Waals surface area contributed by atoms with Crippen LogP contribution in [0.3, 0.4) is 0 Å². The van der Waals surface area contributed by atoms with E-state index in [-0.39, 0.29) is 5.41 Å². The summed E-state index contributed by atoms with van der Waals surface area (Å²) in [6.07, 6.45) is 1.82. The average molecular weight is 255 g/mol. The van der Waals surface area contributed by atoms with Crippen molar-refractivity contribution < 1.29 is 0 Å². The number of nitrogens with zero attached hydrogens (tertiary/aromatic N) is 1. The van der Waals surface area contributed by atoms with Crippen LogP contribution in [-0.4, -0.2) is 4.98 Å². The molecule has 3 heteroatoms. The number of nitrogens with one attached hydrogen (secondary N) is 1. The second kappa shape index (κ2) is 4.92. The molecule has 100 valence electrons. The number of aromatic nitrogens is 1. The normalized spacial score (nSPS) is 11.4. The molecular weight excluding hydrogens is 234 g/mol. The molecule has 3 N–H and O–H groups in total. The fraction of sp³-hybridized carbons (Fsp3) is 0.312. The quantitative estimate of drug-likeness (QED) is 0.852. The summed E-state index contributed by atoms with van der Waals surface area (Å²) >= 11 is 0. The monoisotopic (exact) mass is 255 g/mol. The van der Waals surface area contributed by atoms with Crippen molar-refractivity contribution in [1.29, 1.82) is 0 Å². The highest BCUT2D eigenvalue weighted by Gasteiger charge is 2.17. The highest BCUT2D eigenvalue weighted by Crippen LogP contribution is 2.32. The van der Waals surface area contributed by atoms with E-state index in [0.717, 1.165) is 11.3 Å². The van der Waals surface area contributed by atoms with Crippen molar-refractivity contribution in [2.24, 2.45) is 0 Å². The number of nitrogen functional groups attached to an aromatic ring is 1. The zero-order valence-corrected chi connectivity index (χ0v) is 12.0. The molecule has 0 saturated carbocycles. The number of rotatable bonds is 2. The molecule has 3 nitrogen and oxygen atoms in total. The molecule has 1 aromatic heterocycles. The third-order valence-electron chi connectivity index (χ3n) is 3.04. The van der Waals surface area contributed by atoms with Gasteiger partial charge in [-0.3, -0.25) is 0 Å². The first-order valence-corrected chi connectivity index (χ1v) is 6.46. The molecule has 0 aliphatic rings. The Balaban J connectivity index is 2.39. The maximum atomic E-state index is 6.00. The van der Waals surface area contributed by atoms with Gasteiger partial charge >= 0.3 is 0 Å². The number of aryl methyl sites for hydroxylation is 1. The van der Waals surface area contributed by atoms with E-state index in [1.54, 1.807) is 0 Å². The van der Waals surface area contributed by atoms with Crippen molar-refractivity contribution in [1.82, 2.24) is 4.98 Å². The summed E-state index contributed by atoms with van der Waals surface area (Å²) in [4.78, 5) is 4.36. The van der Waals surface area contributed by atoms with Gasteiger partial charge in [0.1, 0.15) is 0 Å². The van der Waals surface area contributed by atoms with Gasteiger partial charge in [-0.25, -0.2) is 4.98 Å². The Labute approximate surface area is 114 Å². The van der Waals surface area contributed by atoms with E-state index in [0.29, 0.717) is 11.5 Å². The van der Waals surface area contributed by atoms with Crippen LogP contribution in [0.25, 0.3) is 0 Å². The van der Waals surface area contributed by atoms with Crippen molar-refractivity contribution in [2.45, 2.75) is 33.1 Å². The Morgan fingerprint density at radius 2 is 1.84 bits per heavy atom. The zero-order chi connectivity index (χ0) is 14.0. The molecule has 0 spiro atoms. The summed E-state index contributed by atoms with van der Waals surface area (Å²) in [6.45, 7) is 8.56. The largest absolute Gasteiger partial charge is 0.396 e. The Hall–Kier alpha value is -2.03. The van der Waals surface area contributed by atoms with Gasteiger partial charge in [0.05, 0.1) is 5.69 Å². The highest BCUT2D eigenvalue weighted by molar-refractivity contribution is 5.71. The van der Waals surface area contributed by atoms with Crippen LogP contribution in [0.5, 0.6) is 0 Å². The summed E-state index contributed by atoms with van der Waals surface area (Å²) in [5.41, 5.74) is 10.1. The van der Waals surface area contributed by atoms with Gasteiger partial charge in [0.2, 0.25) is 0 Å². The minimum atomic E-state index is 0.0725. The summed E-state index contributed by atoms with van der Waals surface area (Å²) in [5.74, 6) is 0.710. The number of pyridine rings is 1. The molecule has 0 bridgehead atoms. The van der Waals surface area contributed by atoms with Gasteiger partial charge < -0.3 is 11.1 Å². The Kier molecular flexibility index (Phi) is 3.47. The van der Waals surface area contributed by atoms with Crippen molar-refractivity contribution in [2.75, 3.05) is 11.1 Å². The van der Waals surface area contributed by atoms with Gasteiger partial charge in [-0.2, -0.15) is 0 Å². The number of benzene rings is 1. The standard InChI is InChI=1S/C16H21N3/c1-11-9-13(17)15(18-10-11)19-14-8-6-5-7-12(14)16(2,3)4/h5-10H,17H2,1-4H3,(H,18,19). The first kappa shape index (κ1) is 13.4. The summed E-state index contributed by atoms with van der Waals surface area (Å²) < 4.78 is 0. The van der Waals surface area contributed by atoms with Crippen molar-refractivity contribution in [3.8, 4) is 0 Å². The maximum Gasteiger partial charge on any atom is 0.153 e. The lowest BCUT2D eigenvalue weighted by atomic mass is 9.86. The highest BCUT2D eigenvalue weighted by atomic mass is 15.0. The molecule has 0 atom stereocenters. The number of para-hydroxylation sites is 1. The van der Waals surface area contributed by atoms with E-state index in [1.807, 2.05) is 25.3 Å². The number of anilines is 3. The summed E-state index contributed by atoms with van der Waals surface area (Å²) in [7, 11) is 0. The number of hydrogen-bond donors (Lipinski definition) is 2. The second-order valence-electron chi connectivity index (χ2n) is 5.87. The molecule has 0 radical (unpaired) electrons. The third-order valence-corrected chi connectivity index (χ3v) is 3.04. The average Bonchev–Trinajstić information content (AvgIpc) is 2.32. The van der Waals surface area contributed by atoms with Crippen LogP contribution in [0.4, 0.5) is 17.2 Å². The summed E-state index contributed by atoms with van der Waals surface area (Å²) in [5, 5.41) is 3.34. The molecule has 1 aromatic carbocycles. The predicted molar refractivity (Wildman–Crippen MR) is 81.8 cm³/mol. The molecule has 0 aliphatic heterocycles. The Morgan fingerprint density at radius 1 is 1.16 bits per heavy atom. The van der Waals surface area contributed by atoms with Gasteiger partial charge in [0, 0.05) is 11.9 Å². The van der Waals surface area contributed by atoms with Gasteiger partial charge in [-0.05, 0) is 35.6 Å². The predicted octanol–water partition coefficient (Wildman–Crippen LogP) is 4.01. The lowest BCUT2D eigenvalue weighted by molar-refractivity contribution is 0.592. The Morgan fingerprint density at radius 3 is 2.47 bits per heavy atom. The van der Waals surface area contributed by atoms with Crippen LogP contribution < -0.4 is 11.1 Å². The van der Waals surface area contributed by atoms with E-state index < -0.39 is 0 Å². The first-order chi connectivity index (χ1) is 8.88. The van der Waals surface area contributed by atoms with E-state index >= 15 is 0 Å².